The first-order valence-corrected chi connectivity index (χ1v) is 8.97. The maximum atomic E-state index is 12.5. The van der Waals surface area contributed by atoms with Gasteiger partial charge in [0, 0.05) is 23.8 Å². The summed E-state index contributed by atoms with van der Waals surface area (Å²) in [5, 5.41) is 6.30. The van der Waals surface area contributed by atoms with Crippen molar-refractivity contribution in [1.82, 2.24) is 10.2 Å². The van der Waals surface area contributed by atoms with Gasteiger partial charge in [0.1, 0.15) is 6.04 Å². The lowest BCUT2D eigenvalue weighted by Gasteiger charge is -2.34. The van der Waals surface area contributed by atoms with Crippen molar-refractivity contribution in [2.75, 3.05) is 31.6 Å². The second kappa shape index (κ2) is 9.43. The van der Waals surface area contributed by atoms with E-state index in [-0.39, 0.29) is 30.7 Å². The molecule has 1 fully saturated rings. The van der Waals surface area contributed by atoms with Crippen molar-refractivity contribution in [3.8, 4) is 0 Å². The largest absolute Gasteiger partial charge is 0.465 e. The molecule has 1 unspecified atom stereocenters. The fraction of sp³-hybridized carbons (Fsp3) is 0.500. The summed E-state index contributed by atoms with van der Waals surface area (Å²) in [5.41, 5.74) is 0.747. The van der Waals surface area contributed by atoms with Gasteiger partial charge in [-0.3, -0.25) is 14.4 Å². The van der Waals surface area contributed by atoms with E-state index < -0.39 is 12.0 Å². The molecule has 1 atom stereocenters. The van der Waals surface area contributed by atoms with Gasteiger partial charge in [0.2, 0.25) is 11.8 Å². The molecule has 2 amide bonds. The lowest BCUT2D eigenvalue weighted by molar-refractivity contribution is -0.152. The van der Waals surface area contributed by atoms with Gasteiger partial charge in [-0.15, -0.1) is 0 Å². The topological polar surface area (TPSA) is 87.7 Å². The smallest absolute Gasteiger partial charge is 0.308 e. The Morgan fingerprint density at radius 1 is 1.35 bits per heavy atom. The molecule has 0 aliphatic carbocycles. The van der Waals surface area contributed by atoms with E-state index in [1.807, 2.05) is 13.8 Å². The van der Waals surface area contributed by atoms with Gasteiger partial charge in [-0.1, -0.05) is 25.4 Å². The third-order valence-electron chi connectivity index (χ3n) is 3.88. The molecule has 0 saturated carbocycles. The van der Waals surface area contributed by atoms with Gasteiger partial charge < -0.3 is 20.3 Å². The SMILES string of the molecule is CC(C)COC(=O)CC1C(=O)NCCN1C(=O)CNc1ccc(Cl)cc1. The quantitative estimate of drug-likeness (QED) is 0.701. The molecule has 1 aliphatic heterocycles. The van der Waals surface area contributed by atoms with Crippen LogP contribution in [-0.2, 0) is 19.1 Å². The maximum absolute atomic E-state index is 12.5. The second-order valence-corrected chi connectivity index (χ2v) is 6.97. The van der Waals surface area contributed by atoms with Crippen molar-refractivity contribution < 1.29 is 19.1 Å². The molecule has 0 aromatic heterocycles. The van der Waals surface area contributed by atoms with Crippen LogP contribution in [0.4, 0.5) is 5.69 Å². The fourth-order valence-corrected chi connectivity index (χ4v) is 2.67. The highest BCUT2D eigenvalue weighted by Gasteiger charge is 2.34. The van der Waals surface area contributed by atoms with Gasteiger partial charge in [-0.05, 0) is 30.2 Å². The molecule has 7 nitrogen and oxygen atoms in total. The van der Waals surface area contributed by atoms with Crippen molar-refractivity contribution in [2.24, 2.45) is 5.92 Å². The molecule has 1 aliphatic rings. The first-order chi connectivity index (χ1) is 12.4. The molecule has 2 N–H and O–H groups in total. The Hall–Kier alpha value is -2.28. The summed E-state index contributed by atoms with van der Waals surface area (Å²) in [6, 6.07) is 6.12. The van der Waals surface area contributed by atoms with E-state index in [9.17, 15) is 14.4 Å². The maximum Gasteiger partial charge on any atom is 0.308 e. The van der Waals surface area contributed by atoms with Crippen molar-refractivity contribution in [3.05, 3.63) is 29.3 Å². The molecular formula is C18H24ClN3O4. The number of esters is 1. The lowest BCUT2D eigenvalue weighted by atomic mass is 10.1. The Balaban J connectivity index is 1.94. The van der Waals surface area contributed by atoms with Crippen LogP contribution in [0.2, 0.25) is 5.02 Å². The molecule has 1 heterocycles. The number of nitrogens with zero attached hydrogens (tertiary/aromatic N) is 1. The summed E-state index contributed by atoms with van der Waals surface area (Å²) >= 11 is 5.83. The Morgan fingerprint density at radius 3 is 2.69 bits per heavy atom. The van der Waals surface area contributed by atoms with E-state index in [1.54, 1.807) is 24.3 Å². The number of hydrogen-bond donors (Lipinski definition) is 2. The number of anilines is 1. The number of amides is 2. The highest BCUT2D eigenvalue weighted by Crippen LogP contribution is 2.14. The molecule has 1 aromatic rings. The standard InChI is InChI=1S/C18H24ClN3O4/c1-12(2)11-26-17(24)9-15-18(25)20-7-8-22(15)16(23)10-21-14-5-3-13(19)4-6-14/h3-6,12,15,21H,7-11H2,1-2H3,(H,20,25). The van der Waals surface area contributed by atoms with Crippen LogP contribution in [0.25, 0.3) is 0 Å². The number of carbonyl (C=O) groups is 3. The first-order valence-electron chi connectivity index (χ1n) is 8.59. The predicted molar refractivity (Wildman–Crippen MR) is 98.9 cm³/mol. The normalized spacial score (nSPS) is 17.0. The van der Waals surface area contributed by atoms with Crippen molar-refractivity contribution in [1.29, 1.82) is 0 Å². The zero-order valence-electron chi connectivity index (χ0n) is 15.0. The van der Waals surface area contributed by atoms with Gasteiger partial charge in [-0.25, -0.2) is 0 Å². The summed E-state index contributed by atoms with van der Waals surface area (Å²) in [6.07, 6.45) is -0.148. The Morgan fingerprint density at radius 2 is 2.04 bits per heavy atom. The van der Waals surface area contributed by atoms with E-state index in [1.165, 1.54) is 4.90 Å². The molecule has 1 aromatic carbocycles. The molecule has 2 rings (SSSR count). The van der Waals surface area contributed by atoms with Crippen LogP contribution in [0, 0.1) is 5.92 Å². The Bertz CT molecular complexity index is 648. The Kier molecular flexibility index (Phi) is 7.26. The predicted octanol–water partition coefficient (Wildman–Crippen LogP) is 1.67. The number of piperazine rings is 1. The van der Waals surface area contributed by atoms with E-state index in [0.717, 1.165) is 5.69 Å². The number of hydrogen-bond acceptors (Lipinski definition) is 5. The molecular weight excluding hydrogens is 358 g/mol. The van der Waals surface area contributed by atoms with Gasteiger partial charge in [-0.2, -0.15) is 0 Å². The summed E-state index contributed by atoms with van der Waals surface area (Å²) in [5.74, 6) is -0.862. The van der Waals surface area contributed by atoms with Gasteiger partial charge in [0.15, 0.2) is 0 Å². The van der Waals surface area contributed by atoms with Crippen LogP contribution >= 0.6 is 11.6 Å². The highest BCUT2D eigenvalue weighted by molar-refractivity contribution is 6.30. The fourth-order valence-electron chi connectivity index (χ4n) is 2.54. The lowest BCUT2D eigenvalue weighted by Crippen LogP contribution is -2.58. The number of carbonyl (C=O) groups excluding carboxylic acids is 3. The zero-order valence-corrected chi connectivity index (χ0v) is 15.7. The zero-order chi connectivity index (χ0) is 19.1. The van der Waals surface area contributed by atoms with Crippen LogP contribution in [0.5, 0.6) is 0 Å². The molecule has 0 spiro atoms. The molecule has 0 bridgehead atoms. The van der Waals surface area contributed by atoms with Crippen LogP contribution in [0.1, 0.15) is 20.3 Å². The van der Waals surface area contributed by atoms with E-state index in [0.29, 0.717) is 24.7 Å². The minimum absolute atomic E-state index is 0.0203. The number of ether oxygens (including phenoxy) is 1. The summed E-state index contributed by atoms with van der Waals surface area (Å²) < 4.78 is 5.14. The van der Waals surface area contributed by atoms with Crippen LogP contribution in [0.15, 0.2) is 24.3 Å². The van der Waals surface area contributed by atoms with Crippen molar-refractivity contribution in [3.63, 3.8) is 0 Å². The average molecular weight is 382 g/mol. The summed E-state index contributed by atoms with van der Waals surface area (Å²) in [6.45, 7) is 4.89. The number of halogens is 1. The Labute approximate surface area is 158 Å². The van der Waals surface area contributed by atoms with Gasteiger partial charge >= 0.3 is 5.97 Å². The molecule has 142 valence electrons. The minimum atomic E-state index is -0.845. The first kappa shape index (κ1) is 20.0. The summed E-state index contributed by atoms with van der Waals surface area (Å²) in [7, 11) is 0. The highest BCUT2D eigenvalue weighted by atomic mass is 35.5. The van der Waals surface area contributed by atoms with Crippen LogP contribution in [-0.4, -0.2) is 55.0 Å². The molecule has 1 saturated heterocycles. The number of benzene rings is 1. The second-order valence-electron chi connectivity index (χ2n) is 6.54. The molecule has 0 radical (unpaired) electrons. The monoisotopic (exact) mass is 381 g/mol. The number of rotatable bonds is 7. The van der Waals surface area contributed by atoms with E-state index >= 15 is 0 Å². The van der Waals surface area contributed by atoms with Gasteiger partial charge in [0.05, 0.1) is 19.6 Å². The minimum Gasteiger partial charge on any atom is -0.465 e. The average Bonchev–Trinajstić information content (AvgIpc) is 2.61. The van der Waals surface area contributed by atoms with Crippen molar-refractivity contribution >= 4 is 35.1 Å². The van der Waals surface area contributed by atoms with Crippen molar-refractivity contribution in [2.45, 2.75) is 26.3 Å². The van der Waals surface area contributed by atoms with E-state index in [4.69, 9.17) is 16.3 Å². The van der Waals surface area contributed by atoms with Crippen LogP contribution in [0.3, 0.4) is 0 Å². The third kappa shape index (κ3) is 5.91. The third-order valence-corrected chi connectivity index (χ3v) is 4.13. The molecule has 26 heavy (non-hydrogen) atoms. The summed E-state index contributed by atoms with van der Waals surface area (Å²) in [4.78, 5) is 38.1. The van der Waals surface area contributed by atoms with Crippen LogP contribution < -0.4 is 10.6 Å². The number of nitrogens with one attached hydrogen (secondary N) is 2. The van der Waals surface area contributed by atoms with E-state index in [2.05, 4.69) is 10.6 Å². The van der Waals surface area contributed by atoms with Gasteiger partial charge in [0.25, 0.3) is 0 Å². The molecule has 8 heteroatoms.